The number of allylic oxidation sites excluding steroid dienone is 2. The molecule has 0 aromatic heterocycles. The van der Waals surface area contributed by atoms with Crippen molar-refractivity contribution < 1.29 is 26.3 Å². The van der Waals surface area contributed by atoms with Crippen LogP contribution in [-0.2, 0) is 0 Å². The molecule has 0 fully saturated rings. The zero-order valence-corrected chi connectivity index (χ0v) is 9.39. The van der Waals surface area contributed by atoms with Gasteiger partial charge in [-0.2, -0.15) is 17.6 Å². The lowest BCUT2D eigenvalue weighted by Gasteiger charge is -2.22. The average molecular weight is 278 g/mol. The van der Waals surface area contributed by atoms with Gasteiger partial charge < -0.3 is 0 Å². The van der Waals surface area contributed by atoms with Crippen LogP contribution in [0.1, 0.15) is 5.56 Å². The second-order valence-electron chi connectivity index (χ2n) is 3.52. The highest BCUT2D eigenvalue weighted by molar-refractivity contribution is 5.36. The summed E-state index contributed by atoms with van der Waals surface area (Å²) in [4.78, 5) is 0. The van der Waals surface area contributed by atoms with Crippen LogP contribution in [0.15, 0.2) is 42.5 Å². The zero-order chi connectivity index (χ0) is 14.5. The van der Waals surface area contributed by atoms with E-state index in [0.29, 0.717) is 11.6 Å². The van der Waals surface area contributed by atoms with Crippen LogP contribution in [0.3, 0.4) is 0 Å². The monoisotopic (exact) mass is 278 g/mol. The van der Waals surface area contributed by atoms with Gasteiger partial charge in [0, 0.05) is 5.56 Å². The summed E-state index contributed by atoms with van der Waals surface area (Å²) in [6, 6.07) is 8.15. The Labute approximate surface area is 105 Å². The predicted octanol–water partition coefficient (Wildman–Crippen LogP) is 4.13. The van der Waals surface area contributed by atoms with E-state index in [0.717, 1.165) is 0 Å². The summed E-state index contributed by atoms with van der Waals surface area (Å²) in [5.41, 5.74) is 0.482. The molecule has 0 heterocycles. The molecule has 0 saturated carbocycles. The van der Waals surface area contributed by atoms with E-state index >= 15 is 0 Å². The van der Waals surface area contributed by atoms with Gasteiger partial charge in [-0.1, -0.05) is 30.0 Å². The third-order valence-corrected chi connectivity index (χ3v) is 2.08. The number of benzene rings is 1. The second kappa shape index (κ2) is 5.83. The number of alkyl halides is 6. The van der Waals surface area contributed by atoms with E-state index < -0.39 is 18.3 Å². The van der Waals surface area contributed by atoms with Crippen molar-refractivity contribution in [3.8, 4) is 11.8 Å². The minimum atomic E-state index is -5.42. The summed E-state index contributed by atoms with van der Waals surface area (Å²) in [7, 11) is 0. The van der Waals surface area contributed by atoms with Gasteiger partial charge >= 0.3 is 18.3 Å². The average Bonchev–Trinajstić information content (AvgIpc) is 2.35. The molecular formula is C13H8F6. The smallest absolute Gasteiger partial charge is 0.203 e. The Bertz CT molecular complexity index is 493. The molecule has 0 atom stereocenters. The first-order chi connectivity index (χ1) is 8.77. The van der Waals surface area contributed by atoms with Gasteiger partial charge in [-0.3, -0.25) is 0 Å². The molecule has 102 valence electrons. The summed E-state index contributed by atoms with van der Waals surface area (Å²) in [6.07, 6.45) is -4.34. The molecule has 0 spiro atoms. The van der Waals surface area contributed by atoms with E-state index in [1.165, 1.54) is 0 Å². The van der Waals surface area contributed by atoms with Crippen molar-refractivity contribution in [2.24, 2.45) is 0 Å². The lowest BCUT2D eigenvalue weighted by atomic mass is 10.1. The molecule has 0 N–H and O–H groups in total. The van der Waals surface area contributed by atoms with Crippen LogP contribution in [0.2, 0.25) is 0 Å². The van der Waals surface area contributed by atoms with E-state index in [1.54, 1.807) is 30.3 Å². The highest BCUT2D eigenvalue weighted by Crippen LogP contribution is 2.39. The standard InChI is InChI=1S/C13H8F6/c14-11(15)13(18,19)12(16,17)9-5-4-8-10-6-2-1-3-7-10/h1-3,5-7,9,11H/b9-5-. The van der Waals surface area contributed by atoms with Crippen molar-refractivity contribution in [1.82, 2.24) is 0 Å². The van der Waals surface area contributed by atoms with Gasteiger partial charge in [-0.25, -0.2) is 8.78 Å². The lowest BCUT2D eigenvalue weighted by Crippen LogP contribution is -2.44. The van der Waals surface area contributed by atoms with Crippen molar-refractivity contribution in [3.05, 3.63) is 48.0 Å². The van der Waals surface area contributed by atoms with Crippen LogP contribution in [0.4, 0.5) is 26.3 Å². The molecule has 1 aromatic carbocycles. The third-order valence-electron chi connectivity index (χ3n) is 2.08. The first-order valence-electron chi connectivity index (χ1n) is 5.05. The summed E-state index contributed by atoms with van der Waals surface area (Å²) in [5, 5.41) is 0. The van der Waals surface area contributed by atoms with Gasteiger partial charge in [0.2, 0.25) is 0 Å². The molecule has 0 saturated heterocycles. The highest BCUT2D eigenvalue weighted by atomic mass is 19.3. The fourth-order valence-electron chi connectivity index (χ4n) is 1.05. The minimum absolute atomic E-state index is 0.324. The maximum Gasteiger partial charge on any atom is 0.372 e. The van der Waals surface area contributed by atoms with Crippen molar-refractivity contribution in [1.29, 1.82) is 0 Å². The van der Waals surface area contributed by atoms with Gasteiger partial charge in [-0.15, -0.1) is 0 Å². The quantitative estimate of drug-likeness (QED) is 0.576. The summed E-state index contributed by atoms with van der Waals surface area (Å²) < 4.78 is 74.1. The van der Waals surface area contributed by atoms with Crippen LogP contribution in [0.25, 0.3) is 0 Å². The first kappa shape index (κ1) is 15.2. The Morgan fingerprint density at radius 1 is 1.00 bits per heavy atom. The van der Waals surface area contributed by atoms with Gasteiger partial charge in [0.15, 0.2) is 0 Å². The molecule has 0 bridgehead atoms. The van der Waals surface area contributed by atoms with E-state index in [9.17, 15) is 26.3 Å². The number of hydrogen-bond donors (Lipinski definition) is 0. The van der Waals surface area contributed by atoms with Gasteiger partial charge in [0.05, 0.1) is 0 Å². The normalized spacial score (nSPS) is 12.6. The Hall–Kier alpha value is -1.90. The van der Waals surface area contributed by atoms with E-state index in [4.69, 9.17) is 0 Å². The zero-order valence-electron chi connectivity index (χ0n) is 9.39. The fraction of sp³-hybridized carbons (Fsp3) is 0.231. The SMILES string of the molecule is FC(F)C(F)(F)C(F)(F)/C=C\C#Cc1ccccc1. The third kappa shape index (κ3) is 3.78. The number of hydrogen-bond acceptors (Lipinski definition) is 0. The molecule has 0 aliphatic carbocycles. The molecule has 6 heteroatoms. The minimum Gasteiger partial charge on any atom is -0.203 e. The van der Waals surface area contributed by atoms with Crippen molar-refractivity contribution >= 4 is 0 Å². The van der Waals surface area contributed by atoms with Crippen molar-refractivity contribution in [2.45, 2.75) is 18.3 Å². The van der Waals surface area contributed by atoms with Crippen LogP contribution in [0, 0.1) is 11.8 Å². The number of rotatable bonds is 3. The topological polar surface area (TPSA) is 0 Å². The molecule has 1 rings (SSSR count). The van der Waals surface area contributed by atoms with Crippen LogP contribution < -0.4 is 0 Å². The van der Waals surface area contributed by atoms with E-state index in [2.05, 4.69) is 11.8 Å². The fourth-order valence-corrected chi connectivity index (χ4v) is 1.05. The first-order valence-corrected chi connectivity index (χ1v) is 5.05. The largest absolute Gasteiger partial charge is 0.372 e. The molecule has 0 nitrogen and oxygen atoms in total. The summed E-state index contributed by atoms with van der Waals surface area (Å²) in [6.45, 7) is 0. The Morgan fingerprint density at radius 3 is 2.11 bits per heavy atom. The number of halogens is 6. The Kier molecular flexibility index (Phi) is 4.65. The second-order valence-corrected chi connectivity index (χ2v) is 3.52. The Morgan fingerprint density at radius 2 is 1.58 bits per heavy atom. The van der Waals surface area contributed by atoms with Crippen LogP contribution >= 0.6 is 0 Å². The van der Waals surface area contributed by atoms with Crippen LogP contribution in [0.5, 0.6) is 0 Å². The van der Waals surface area contributed by atoms with E-state index in [-0.39, 0.29) is 6.08 Å². The van der Waals surface area contributed by atoms with Crippen LogP contribution in [-0.4, -0.2) is 18.3 Å². The van der Waals surface area contributed by atoms with Crippen molar-refractivity contribution in [3.63, 3.8) is 0 Å². The summed E-state index contributed by atoms with van der Waals surface area (Å²) >= 11 is 0. The molecule has 0 aliphatic heterocycles. The molecule has 1 aromatic rings. The highest BCUT2D eigenvalue weighted by Gasteiger charge is 2.61. The maximum absolute atomic E-state index is 12.8. The summed E-state index contributed by atoms with van der Waals surface area (Å²) in [5.74, 6) is -5.90. The van der Waals surface area contributed by atoms with Gasteiger partial charge in [0.25, 0.3) is 0 Å². The molecule has 0 aliphatic rings. The molecule has 0 amide bonds. The Balaban J connectivity index is 2.80. The molecule has 19 heavy (non-hydrogen) atoms. The van der Waals surface area contributed by atoms with Gasteiger partial charge in [-0.05, 0) is 24.3 Å². The van der Waals surface area contributed by atoms with E-state index in [1.807, 2.05) is 0 Å². The van der Waals surface area contributed by atoms with Gasteiger partial charge in [0.1, 0.15) is 0 Å². The maximum atomic E-state index is 12.8. The lowest BCUT2D eigenvalue weighted by molar-refractivity contribution is -0.241. The molecule has 0 radical (unpaired) electrons. The molecule has 0 unspecified atom stereocenters. The molecular weight excluding hydrogens is 270 g/mol. The predicted molar refractivity (Wildman–Crippen MR) is 58.4 cm³/mol. The van der Waals surface area contributed by atoms with Crippen molar-refractivity contribution in [2.75, 3.05) is 0 Å².